The molecule has 0 unspecified atom stereocenters. The van der Waals surface area contributed by atoms with Crippen LogP contribution in [0.1, 0.15) is 0 Å². The Hall–Kier alpha value is -1.18. The van der Waals surface area contributed by atoms with Gasteiger partial charge in [0.1, 0.15) is 15.2 Å². The quantitative estimate of drug-likeness (QED) is 0.822. The minimum absolute atomic E-state index is 0.204. The molecule has 0 aliphatic carbocycles. The van der Waals surface area contributed by atoms with Gasteiger partial charge < -0.3 is 10.3 Å². The molecule has 3 nitrogen and oxygen atoms in total. The lowest BCUT2D eigenvalue weighted by atomic mass is 10.1. The van der Waals surface area contributed by atoms with Gasteiger partial charge in [0.2, 0.25) is 0 Å². The maximum absolute atomic E-state index is 12.9. The number of nitrogens with zero attached hydrogens (tertiary/aromatic N) is 1. The fourth-order valence-electron chi connectivity index (χ4n) is 1.16. The van der Waals surface area contributed by atoms with Gasteiger partial charge in [-0.05, 0) is 34.7 Å². The highest BCUT2D eigenvalue weighted by molar-refractivity contribution is 14.1. The largest absolute Gasteiger partial charge is 0.380 e. The molecule has 0 radical (unpaired) electrons. The van der Waals surface area contributed by atoms with E-state index in [2.05, 4.69) is 5.16 Å². The first kappa shape index (κ1) is 10.3. The second kappa shape index (κ2) is 3.76. The van der Waals surface area contributed by atoms with Crippen molar-refractivity contribution in [1.29, 1.82) is 0 Å². The summed E-state index contributed by atoms with van der Waals surface area (Å²) in [4.78, 5) is 0. The van der Waals surface area contributed by atoms with Gasteiger partial charge in [-0.15, -0.1) is 0 Å². The average Bonchev–Trinajstić information content (AvgIpc) is 2.46. The second-order valence-electron chi connectivity index (χ2n) is 2.87. The molecule has 0 spiro atoms. The summed E-state index contributed by atoms with van der Waals surface area (Å²) in [7, 11) is 0. The van der Waals surface area contributed by atoms with E-state index in [1.807, 2.05) is 22.6 Å². The third kappa shape index (κ3) is 1.94. The Labute approximate surface area is 97.4 Å². The minimum Gasteiger partial charge on any atom is -0.380 e. The predicted octanol–water partition coefficient (Wildman–Crippen LogP) is 2.81. The van der Waals surface area contributed by atoms with Crippen molar-refractivity contribution in [2.24, 2.45) is 0 Å². The molecule has 0 fully saturated rings. The first-order chi connectivity index (χ1) is 7.08. The van der Waals surface area contributed by atoms with Crippen LogP contribution >= 0.6 is 22.6 Å². The summed E-state index contributed by atoms with van der Waals surface area (Å²) in [5.41, 5.74) is 5.73. The van der Waals surface area contributed by atoms with Crippen molar-refractivity contribution in [3.05, 3.63) is 33.4 Å². The molecule has 0 aliphatic heterocycles. The Morgan fingerprint density at radius 3 is 2.27 bits per heavy atom. The van der Waals surface area contributed by atoms with Crippen LogP contribution < -0.4 is 5.73 Å². The molecule has 1 aromatic heterocycles. The van der Waals surface area contributed by atoms with Crippen molar-refractivity contribution < 1.29 is 13.3 Å². The van der Waals surface area contributed by atoms with Gasteiger partial charge >= 0.3 is 0 Å². The molecule has 0 saturated heterocycles. The smallest absolute Gasteiger partial charge is 0.182 e. The third-order valence-corrected chi connectivity index (χ3v) is 2.83. The zero-order valence-electron chi connectivity index (χ0n) is 7.30. The second-order valence-corrected chi connectivity index (χ2v) is 3.95. The highest BCUT2D eigenvalue weighted by Crippen LogP contribution is 2.29. The summed E-state index contributed by atoms with van der Waals surface area (Å²) in [5, 5.41) is 3.50. The lowest BCUT2D eigenvalue weighted by Gasteiger charge is -1.97. The summed E-state index contributed by atoms with van der Waals surface area (Å²) in [6, 6.07) is 3.10. The summed E-state index contributed by atoms with van der Waals surface area (Å²) in [6.45, 7) is 0. The van der Waals surface area contributed by atoms with Crippen LogP contribution in [0, 0.1) is 15.2 Å². The fourth-order valence-corrected chi connectivity index (χ4v) is 1.66. The zero-order valence-corrected chi connectivity index (χ0v) is 9.46. The van der Waals surface area contributed by atoms with Crippen LogP contribution in [0.2, 0.25) is 0 Å². The van der Waals surface area contributed by atoms with Crippen molar-refractivity contribution >= 4 is 28.4 Å². The number of nitrogens with two attached hydrogens (primary N) is 1. The summed E-state index contributed by atoms with van der Waals surface area (Å²) in [5.74, 6) is -0.867. The topological polar surface area (TPSA) is 52.0 Å². The average molecular weight is 322 g/mol. The normalized spacial score (nSPS) is 10.6. The number of hydrogen-bond acceptors (Lipinski definition) is 3. The summed E-state index contributed by atoms with van der Waals surface area (Å²) in [6.07, 6.45) is 0. The lowest BCUT2D eigenvalue weighted by Crippen LogP contribution is -1.87. The Balaban J connectivity index is 2.58. The van der Waals surface area contributed by atoms with Crippen LogP contribution in [0.5, 0.6) is 0 Å². The number of anilines is 1. The standard InChI is InChI=1S/C9H5F2IN2O/c10-5-1-4(2-6(11)3-5)8-7(12)9(13)14-15-8/h1-3H,(H2,13,14). The van der Waals surface area contributed by atoms with E-state index in [0.29, 0.717) is 3.57 Å². The maximum Gasteiger partial charge on any atom is 0.182 e. The highest BCUT2D eigenvalue weighted by atomic mass is 127. The minimum atomic E-state index is -0.671. The van der Waals surface area contributed by atoms with Gasteiger partial charge in [-0.2, -0.15) is 0 Å². The fraction of sp³-hybridized carbons (Fsp3) is 0. The van der Waals surface area contributed by atoms with Gasteiger partial charge in [0.15, 0.2) is 11.6 Å². The number of halogens is 3. The summed E-state index contributed by atoms with van der Waals surface area (Å²) >= 11 is 1.90. The molecule has 2 N–H and O–H groups in total. The first-order valence-corrected chi connectivity index (χ1v) is 5.03. The molecule has 6 heteroatoms. The number of benzene rings is 1. The van der Waals surface area contributed by atoms with Gasteiger partial charge in [-0.3, -0.25) is 0 Å². The molecular weight excluding hydrogens is 317 g/mol. The zero-order chi connectivity index (χ0) is 11.0. The molecule has 0 bridgehead atoms. The molecular formula is C9H5F2IN2O. The van der Waals surface area contributed by atoms with Gasteiger partial charge in [0, 0.05) is 11.6 Å². The van der Waals surface area contributed by atoms with Crippen LogP contribution in [-0.2, 0) is 0 Å². The van der Waals surface area contributed by atoms with Gasteiger partial charge in [-0.1, -0.05) is 5.16 Å². The van der Waals surface area contributed by atoms with Crippen LogP contribution in [0.15, 0.2) is 22.7 Å². The van der Waals surface area contributed by atoms with Gasteiger partial charge in [0.05, 0.1) is 0 Å². The van der Waals surface area contributed by atoms with E-state index in [1.165, 1.54) is 0 Å². The van der Waals surface area contributed by atoms with Crippen molar-refractivity contribution in [3.8, 4) is 11.3 Å². The molecule has 2 aromatic rings. The summed E-state index contributed by atoms with van der Waals surface area (Å²) < 4.78 is 31.2. The molecule has 2 rings (SSSR count). The molecule has 0 saturated carbocycles. The van der Waals surface area contributed by atoms with Crippen LogP contribution in [-0.4, -0.2) is 5.16 Å². The van der Waals surface area contributed by atoms with Crippen molar-refractivity contribution in [1.82, 2.24) is 5.16 Å². The van der Waals surface area contributed by atoms with Crippen molar-refractivity contribution in [2.45, 2.75) is 0 Å². The number of aromatic nitrogens is 1. The molecule has 1 heterocycles. The Kier molecular flexibility index (Phi) is 2.59. The Bertz CT molecular complexity index is 493. The van der Waals surface area contributed by atoms with E-state index in [-0.39, 0.29) is 17.1 Å². The van der Waals surface area contributed by atoms with E-state index in [0.717, 1.165) is 18.2 Å². The third-order valence-electron chi connectivity index (χ3n) is 1.78. The predicted molar refractivity (Wildman–Crippen MR) is 59.0 cm³/mol. The van der Waals surface area contributed by atoms with E-state index >= 15 is 0 Å². The van der Waals surface area contributed by atoms with Gasteiger partial charge in [-0.25, -0.2) is 8.78 Å². The van der Waals surface area contributed by atoms with E-state index in [1.54, 1.807) is 0 Å². The molecule has 0 amide bonds. The Morgan fingerprint density at radius 2 is 1.80 bits per heavy atom. The van der Waals surface area contributed by atoms with E-state index < -0.39 is 11.6 Å². The number of nitrogen functional groups attached to an aromatic ring is 1. The molecule has 15 heavy (non-hydrogen) atoms. The van der Waals surface area contributed by atoms with Crippen molar-refractivity contribution in [2.75, 3.05) is 5.73 Å². The molecule has 78 valence electrons. The van der Waals surface area contributed by atoms with E-state index in [4.69, 9.17) is 10.3 Å². The molecule has 0 atom stereocenters. The number of hydrogen-bond donors (Lipinski definition) is 1. The SMILES string of the molecule is Nc1noc(-c2cc(F)cc(F)c2)c1I. The van der Waals surface area contributed by atoms with Crippen LogP contribution in [0.4, 0.5) is 14.6 Å². The van der Waals surface area contributed by atoms with E-state index in [9.17, 15) is 8.78 Å². The molecule has 0 aliphatic rings. The highest BCUT2D eigenvalue weighted by Gasteiger charge is 2.14. The van der Waals surface area contributed by atoms with Gasteiger partial charge in [0.25, 0.3) is 0 Å². The maximum atomic E-state index is 12.9. The Morgan fingerprint density at radius 1 is 1.20 bits per heavy atom. The molecule has 1 aromatic carbocycles. The van der Waals surface area contributed by atoms with Crippen LogP contribution in [0.3, 0.4) is 0 Å². The van der Waals surface area contributed by atoms with Crippen molar-refractivity contribution in [3.63, 3.8) is 0 Å². The lowest BCUT2D eigenvalue weighted by molar-refractivity contribution is 0.434. The first-order valence-electron chi connectivity index (χ1n) is 3.95. The monoisotopic (exact) mass is 322 g/mol. The number of rotatable bonds is 1. The van der Waals surface area contributed by atoms with Crippen LogP contribution in [0.25, 0.3) is 11.3 Å².